The Labute approximate surface area is 115 Å². The van der Waals surface area contributed by atoms with Crippen molar-refractivity contribution in [2.75, 3.05) is 20.1 Å². The highest BCUT2D eigenvalue weighted by atomic mass is 32.2. The molecule has 0 fully saturated rings. The molecule has 0 saturated carbocycles. The Balaban J connectivity index is 2.87. The van der Waals surface area contributed by atoms with Gasteiger partial charge in [-0.2, -0.15) is 0 Å². The third-order valence-electron chi connectivity index (χ3n) is 2.49. The lowest BCUT2D eigenvalue weighted by Gasteiger charge is -2.13. The van der Waals surface area contributed by atoms with Crippen molar-refractivity contribution in [3.8, 4) is 5.75 Å². The number of aryl methyl sites for hydroxylation is 1. The summed E-state index contributed by atoms with van der Waals surface area (Å²) in [4.78, 5) is 0.261. The Bertz CT molecular complexity index is 513. The minimum Gasteiger partial charge on any atom is -0.491 e. The van der Waals surface area contributed by atoms with Gasteiger partial charge in [-0.3, -0.25) is 0 Å². The second-order valence-electron chi connectivity index (χ2n) is 4.60. The molecule has 0 aliphatic heterocycles. The van der Waals surface area contributed by atoms with Crippen LogP contribution < -0.4 is 14.8 Å². The number of likely N-dealkylation sites (N-methyl/N-ethyl adjacent to an activating group) is 1. The first-order chi connectivity index (χ1) is 8.86. The van der Waals surface area contributed by atoms with Crippen molar-refractivity contribution in [3.63, 3.8) is 0 Å². The van der Waals surface area contributed by atoms with Gasteiger partial charge in [0.25, 0.3) is 0 Å². The molecular formula is C13H22N2O3S. The van der Waals surface area contributed by atoms with E-state index in [1.54, 1.807) is 25.2 Å². The van der Waals surface area contributed by atoms with Gasteiger partial charge < -0.3 is 10.1 Å². The van der Waals surface area contributed by atoms with Crippen molar-refractivity contribution >= 4 is 10.0 Å². The van der Waals surface area contributed by atoms with E-state index < -0.39 is 10.0 Å². The zero-order valence-electron chi connectivity index (χ0n) is 11.9. The number of hydrogen-bond donors (Lipinski definition) is 2. The van der Waals surface area contributed by atoms with Crippen LogP contribution in [0.5, 0.6) is 5.75 Å². The van der Waals surface area contributed by atoms with Crippen molar-refractivity contribution < 1.29 is 13.2 Å². The molecule has 0 heterocycles. The van der Waals surface area contributed by atoms with Crippen LogP contribution in [0.4, 0.5) is 0 Å². The lowest BCUT2D eigenvalue weighted by atomic mass is 10.2. The van der Waals surface area contributed by atoms with Gasteiger partial charge in [0.15, 0.2) is 0 Å². The number of nitrogens with one attached hydrogen (secondary N) is 2. The number of ether oxygens (including phenoxy) is 1. The van der Waals surface area contributed by atoms with Crippen LogP contribution in [0.2, 0.25) is 0 Å². The maximum Gasteiger partial charge on any atom is 0.240 e. The fraction of sp³-hybridized carbons (Fsp3) is 0.538. The molecule has 19 heavy (non-hydrogen) atoms. The van der Waals surface area contributed by atoms with Crippen LogP contribution in [-0.4, -0.2) is 34.7 Å². The molecule has 0 spiro atoms. The van der Waals surface area contributed by atoms with Crippen molar-refractivity contribution in [3.05, 3.63) is 23.8 Å². The maximum atomic E-state index is 12.0. The standard InChI is InChI=1S/C13H22N2O3S/c1-10(2)18-13-6-5-12(9-11(13)3)19(16,17)15-8-7-14-4/h5-6,9-10,14-15H,7-8H2,1-4H3. The van der Waals surface area contributed by atoms with Crippen LogP contribution in [0.3, 0.4) is 0 Å². The van der Waals surface area contributed by atoms with Gasteiger partial charge >= 0.3 is 0 Å². The van der Waals surface area contributed by atoms with Crippen LogP contribution >= 0.6 is 0 Å². The van der Waals surface area contributed by atoms with Crippen molar-refractivity contribution in [2.24, 2.45) is 0 Å². The number of rotatable bonds is 7. The summed E-state index contributed by atoms with van der Waals surface area (Å²) in [7, 11) is -1.67. The highest BCUT2D eigenvalue weighted by Gasteiger charge is 2.15. The average Bonchev–Trinajstić information content (AvgIpc) is 2.31. The highest BCUT2D eigenvalue weighted by Crippen LogP contribution is 2.22. The zero-order valence-corrected chi connectivity index (χ0v) is 12.7. The van der Waals surface area contributed by atoms with E-state index in [0.717, 1.165) is 5.56 Å². The molecule has 0 bridgehead atoms. The topological polar surface area (TPSA) is 67.4 Å². The molecule has 1 aromatic rings. The lowest BCUT2D eigenvalue weighted by Crippen LogP contribution is -2.30. The molecule has 108 valence electrons. The van der Waals surface area contributed by atoms with E-state index in [0.29, 0.717) is 18.8 Å². The van der Waals surface area contributed by atoms with Crippen LogP contribution in [0.15, 0.2) is 23.1 Å². The van der Waals surface area contributed by atoms with E-state index in [4.69, 9.17) is 4.74 Å². The summed E-state index contributed by atoms with van der Waals surface area (Å²) < 4.78 is 32.1. The average molecular weight is 286 g/mol. The van der Waals surface area contributed by atoms with E-state index in [-0.39, 0.29) is 11.0 Å². The monoisotopic (exact) mass is 286 g/mol. The van der Waals surface area contributed by atoms with Crippen LogP contribution in [0.1, 0.15) is 19.4 Å². The van der Waals surface area contributed by atoms with Crippen molar-refractivity contribution in [1.29, 1.82) is 0 Å². The van der Waals surface area contributed by atoms with E-state index in [2.05, 4.69) is 10.0 Å². The maximum absolute atomic E-state index is 12.0. The number of sulfonamides is 1. The highest BCUT2D eigenvalue weighted by molar-refractivity contribution is 7.89. The van der Waals surface area contributed by atoms with Crippen molar-refractivity contribution in [1.82, 2.24) is 10.0 Å². The molecule has 5 nitrogen and oxygen atoms in total. The van der Waals surface area contributed by atoms with Gasteiger partial charge in [0.2, 0.25) is 10.0 Å². The van der Waals surface area contributed by atoms with E-state index in [1.165, 1.54) is 0 Å². The molecule has 0 atom stereocenters. The summed E-state index contributed by atoms with van der Waals surface area (Å²) in [6.07, 6.45) is 0.0647. The lowest BCUT2D eigenvalue weighted by molar-refractivity contribution is 0.240. The predicted molar refractivity (Wildman–Crippen MR) is 76.1 cm³/mol. The van der Waals surface area contributed by atoms with Crippen LogP contribution in [0.25, 0.3) is 0 Å². The van der Waals surface area contributed by atoms with Gasteiger partial charge in [-0.15, -0.1) is 0 Å². The second-order valence-corrected chi connectivity index (χ2v) is 6.36. The Kier molecular flexibility index (Phi) is 5.78. The Hall–Kier alpha value is -1.11. The summed E-state index contributed by atoms with van der Waals surface area (Å²) in [5.41, 5.74) is 0.810. The Morgan fingerprint density at radius 3 is 2.47 bits per heavy atom. The molecule has 6 heteroatoms. The Morgan fingerprint density at radius 2 is 1.95 bits per heavy atom. The minimum absolute atomic E-state index is 0.0647. The van der Waals surface area contributed by atoms with Gasteiger partial charge in [-0.1, -0.05) is 0 Å². The molecule has 0 radical (unpaired) electrons. The van der Waals surface area contributed by atoms with E-state index in [1.807, 2.05) is 20.8 Å². The van der Waals surface area contributed by atoms with E-state index in [9.17, 15) is 8.42 Å². The van der Waals surface area contributed by atoms with Gasteiger partial charge in [-0.25, -0.2) is 13.1 Å². The third kappa shape index (κ3) is 4.81. The minimum atomic E-state index is -3.45. The summed E-state index contributed by atoms with van der Waals surface area (Å²) in [6.45, 7) is 6.66. The fourth-order valence-electron chi connectivity index (χ4n) is 1.57. The zero-order chi connectivity index (χ0) is 14.5. The molecule has 0 aliphatic rings. The summed E-state index contributed by atoms with van der Waals surface area (Å²) >= 11 is 0. The molecule has 1 rings (SSSR count). The fourth-order valence-corrected chi connectivity index (χ4v) is 2.69. The molecule has 0 unspecified atom stereocenters. The summed E-state index contributed by atoms with van der Waals surface area (Å²) in [5.74, 6) is 0.712. The molecular weight excluding hydrogens is 264 g/mol. The summed E-state index contributed by atoms with van der Waals surface area (Å²) in [6, 6.07) is 4.88. The molecule has 0 amide bonds. The summed E-state index contributed by atoms with van der Waals surface area (Å²) in [5, 5.41) is 2.89. The third-order valence-corrected chi connectivity index (χ3v) is 3.95. The molecule has 0 aromatic heterocycles. The quantitative estimate of drug-likeness (QED) is 0.741. The van der Waals surface area contributed by atoms with Gasteiger partial charge in [0, 0.05) is 13.1 Å². The first kappa shape index (κ1) is 15.9. The normalized spacial score (nSPS) is 11.8. The van der Waals surface area contributed by atoms with Crippen molar-refractivity contribution in [2.45, 2.75) is 31.8 Å². The molecule has 2 N–H and O–H groups in total. The van der Waals surface area contributed by atoms with Crippen LogP contribution in [0, 0.1) is 6.92 Å². The number of benzene rings is 1. The van der Waals surface area contributed by atoms with Gasteiger partial charge in [-0.05, 0) is 51.6 Å². The second kappa shape index (κ2) is 6.88. The molecule has 1 aromatic carbocycles. The van der Waals surface area contributed by atoms with E-state index >= 15 is 0 Å². The smallest absolute Gasteiger partial charge is 0.240 e. The first-order valence-corrected chi connectivity index (χ1v) is 7.76. The van der Waals surface area contributed by atoms with Gasteiger partial charge in [0.1, 0.15) is 5.75 Å². The predicted octanol–water partition coefficient (Wildman–Crippen LogP) is 1.28. The molecule has 0 aliphatic carbocycles. The first-order valence-electron chi connectivity index (χ1n) is 6.28. The molecule has 0 saturated heterocycles. The van der Waals surface area contributed by atoms with Crippen LogP contribution in [-0.2, 0) is 10.0 Å². The van der Waals surface area contributed by atoms with Gasteiger partial charge in [0.05, 0.1) is 11.0 Å². The SMILES string of the molecule is CNCCNS(=O)(=O)c1ccc(OC(C)C)c(C)c1. The Morgan fingerprint density at radius 1 is 1.26 bits per heavy atom. The largest absolute Gasteiger partial charge is 0.491 e. The number of hydrogen-bond acceptors (Lipinski definition) is 4.